The van der Waals surface area contributed by atoms with Gasteiger partial charge in [-0.05, 0) is 89.9 Å². The van der Waals surface area contributed by atoms with E-state index < -0.39 is 12.1 Å². The minimum atomic E-state index is -0.843. The molecular weight excluding hydrogens is 899 g/mol. The number of hydrogen-bond donors (Lipinski definition) is 3. The summed E-state index contributed by atoms with van der Waals surface area (Å²) in [5, 5.41) is 23.0. The molecule has 428 valence electrons. The molecule has 73 heavy (non-hydrogen) atoms. The largest absolute Gasteiger partial charge is 0.466 e. The topological polar surface area (TPSA) is 95.9 Å². The zero-order valence-electron chi connectivity index (χ0n) is 48.9. The van der Waals surface area contributed by atoms with Gasteiger partial charge in [0.1, 0.15) is 0 Å². The van der Waals surface area contributed by atoms with Gasteiger partial charge in [-0.25, -0.2) is 0 Å². The zero-order valence-corrected chi connectivity index (χ0v) is 48.9. The molecule has 0 saturated carbocycles. The molecule has 6 heteroatoms. The van der Waals surface area contributed by atoms with Crippen LogP contribution in [0.15, 0.2) is 48.6 Å². The number of allylic oxidation sites excluding steroid dienone is 7. The van der Waals surface area contributed by atoms with Crippen molar-refractivity contribution < 1.29 is 24.5 Å². The average Bonchev–Trinajstić information content (AvgIpc) is 3.39. The van der Waals surface area contributed by atoms with E-state index in [0.29, 0.717) is 19.4 Å². The minimum absolute atomic E-state index is 0.00784. The number of aliphatic hydroxyl groups excluding tert-OH is 2. The molecule has 0 aliphatic carbocycles. The summed E-state index contributed by atoms with van der Waals surface area (Å²) in [5.41, 5.74) is 0. The van der Waals surface area contributed by atoms with Gasteiger partial charge in [0.25, 0.3) is 0 Å². The summed E-state index contributed by atoms with van der Waals surface area (Å²) >= 11 is 0. The second kappa shape index (κ2) is 62.4. The third-order valence-corrected chi connectivity index (χ3v) is 14.8. The number of hydrogen-bond acceptors (Lipinski definition) is 5. The van der Waals surface area contributed by atoms with E-state index in [2.05, 4.69) is 55.6 Å². The van der Waals surface area contributed by atoms with Gasteiger partial charge >= 0.3 is 5.97 Å². The third-order valence-electron chi connectivity index (χ3n) is 14.8. The minimum Gasteiger partial charge on any atom is -0.466 e. The summed E-state index contributed by atoms with van der Waals surface area (Å²) in [6.45, 7) is 4.87. The van der Waals surface area contributed by atoms with Crippen LogP contribution in [0.2, 0.25) is 0 Å². The molecule has 0 aliphatic rings. The quantitative estimate of drug-likeness (QED) is 0.0320. The molecule has 0 fully saturated rings. The molecule has 0 aliphatic heterocycles. The van der Waals surface area contributed by atoms with Crippen molar-refractivity contribution in [2.24, 2.45) is 0 Å². The average molecular weight is 1020 g/mol. The van der Waals surface area contributed by atoms with E-state index in [4.69, 9.17) is 4.74 Å². The lowest BCUT2D eigenvalue weighted by Gasteiger charge is -2.20. The first kappa shape index (κ1) is 70.8. The molecule has 3 N–H and O–H groups in total. The van der Waals surface area contributed by atoms with Gasteiger partial charge in [0.05, 0.1) is 25.4 Å². The predicted molar refractivity (Wildman–Crippen MR) is 319 cm³/mol. The molecule has 1 amide bonds. The molecule has 0 heterocycles. The van der Waals surface area contributed by atoms with Crippen molar-refractivity contribution in [1.82, 2.24) is 5.32 Å². The molecule has 0 rings (SSSR count). The highest BCUT2D eigenvalue weighted by Crippen LogP contribution is 2.17. The smallest absolute Gasteiger partial charge is 0.305 e. The van der Waals surface area contributed by atoms with Crippen molar-refractivity contribution in [2.45, 2.75) is 353 Å². The van der Waals surface area contributed by atoms with E-state index in [9.17, 15) is 19.8 Å². The van der Waals surface area contributed by atoms with Gasteiger partial charge in [-0.1, -0.05) is 287 Å². The fourth-order valence-corrected chi connectivity index (χ4v) is 9.84. The lowest BCUT2D eigenvalue weighted by molar-refractivity contribution is -0.143. The van der Waals surface area contributed by atoms with E-state index in [-0.39, 0.29) is 18.5 Å². The van der Waals surface area contributed by atoms with Crippen molar-refractivity contribution in [1.29, 1.82) is 0 Å². The van der Waals surface area contributed by atoms with Crippen molar-refractivity contribution >= 4 is 11.9 Å². The first-order valence-corrected chi connectivity index (χ1v) is 32.4. The Morgan fingerprint density at radius 2 is 0.685 bits per heavy atom. The first-order chi connectivity index (χ1) is 36.0. The molecule has 2 atom stereocenters. The van der Waals surface area contributed by atoms with Gasteiger partial charge < -0.3 is 20.3 Å². The predicted octanol–water partition coefficient (Wildman–Crippen LogP) is 20.5. The van der Waals surface area contributed by atoms with Crippen LogP contribution in [-0.2, 0) is 14.3 Å². The Labute approximate surface area is 455 Å². The van der Waals surface area contributed by atoms with E-state index >= 15 is 0 Å². The maximum Gasteiger partial charge on any atom is 0.305 e. The van der Waals surface area contributed by atoms with Crippen LogP contribution >= 0.6 is 0 Å². The van der Waals surface area contributed by atoms with Crippen molar-refractivity contribution in [3.8, 4) is 0 Å². The first-order valence-electron chi connectivity index (χ1n) is 32.4. The SMILES string of the molecule is CCCCCC/C=C\C/C=C\CCCCCCCCCC(=O)OCCCCCCCCCCCCCC/C=C\CCCCCCCCCCCCCCC(=O)NC(CO)C(O)/C=C/CCCCCCCCCC. The Kier molecular flexibility index (Phi) is 60.5. The number of nitrogens with one attached hydrogen (secondary N) is 1. The summed E-state index contributed by atoms with van der Waals surface area (Å²) in [7, 11) is 0. The summed E-state index contributed by atoms with van der Waals surface area (Å²) in [6.07, 6.45) is 80.3. The van der Waals surface area contributed by atoms with Gasteiger partial charge in [0, 0.05) is 12.8 Å². The van der Waals surface area contributed by atoms with E-state index in [1.165, 1.54) is 263 Å². The molecule has 0 aromatic carbocycles. The van der Waals surface area contributed by atoms with Crippen LogP contribution in [0, 0.1) is 0 Å². The third kappa shape index (κ3) is 58.9. The molecule has 0 spiro atoms. The number of ether oxygens (including phenoxy) is 1. The molecule has 0 bridgehead atoms. The normalized spacial score (nSPS) is 12.9. The second-order valence-corrected chi connectivity index (χ2v) is 22.1. The van der Waals surface area contributed by atoms with Gasteiger partial charge in [-0.15, -0.1) is 0 Å². The Morgan fingerprint density at radius 3 is 1.07 bits per heavy atom. The number of rotatable bonds is 60. The number of carbonyl (C=O) groups excluding carboxylic acids is 2. The number of amides is 1. The lowest BCUT2D eigenvalue weighted by atomic mass is 10.0. The van der Waals surface area contributed by atoms with Crippen molar-refractivity contribution in [3.05, 3.63) is 48.6 Å². The van der Waals surface area contributed by atoms with Crippen LogP contribution < -0.4 is 5.32 Å². The van der Waals surface area contributed by atoms with Crippen LogP contribution in [0.4, 0.5) is 0 Å². The summed E-state index contributed by atoms with van der Waals surface area (Å²) in [4.78, 5) is 24.5. The number of aliphatic hydroxyl groups is 2. The highest BCUT2D eigenvalue weighted by atomic mass is 16.5. The maximum absolute atomic E-state index is 12.4. The monoisotopic (exact) mass is 1020 g/mol. The Hall–Kier alpha value is -2.18. The maximum atomic E-state index is 12.4. The van der Waals surface area contributed by atoms with Gasteiger partial charge in [-0.3, -0.25) is 9.59 Å². The Balaban J connectivity index is 3.37. The standard InChI is InChI=1S/C67H125NO5/c1-3-5-7-9-11-13-15-16-17-18-32-35-38-41-45-49-53-57-61-67(72)73-62-58-54-50-46-42-39-36-33-30-28-26-24-22-20-19-21-23-25-27-29-31-34-37-40-44-48-52-56-60-66(71)68-64(63-69)65(70)59-55-51-47-43-14-12-10-8-6-4-2/h13,15,17-20,55,59,64-65,69-70H,3-12,14,16,21-54,56-58,60-63H2,1-2H3,(H,68,71)/b15-13-,18-17-,20-19-,59-55+. The molecule has 2 unspecified atom stereocenters. The van der Waals surface area contributed by atoms with E-state index in [0.717, 1.165) is 51.4 Å². The molecule has 0 radical (unpaired) electrons. The molecule has 0 aromatic rings. The highest BCUT2D eigenvalue weighted by molar-refractivity contribution is 5.76. The van der Waals surface area contributed by atoms with Gasteiger partial charge in [0.15, 0.2) is 0 Å². The van der Waals surface area contributed by atoms with Crippen molar-refractivity contribution in [2.75, 3.05) is 13.2 Å². The van der Waals surface area contributed by atoms with Crippen LogP contribution in [-0.4, -0.2) is 47.4 Å². The fourth-order valence-electron chi connectivity index (χ4n) is 9.84. The van der Waals surface area contributed by atoms with Crippen LogP contribution in [0.25, 0.3) is 0 Å². The summed E-state index contributed by atoms with van der Waals surface area (Å²) in [5.74, 6) is -0.0618. The number of carbonyl (C=O) groups is 2. The zero-order chi connectivity index (χ0) is 52.9. The second-order valence-electron chi connectivity index (χ2n) is 22.1. The Bertz CT molecular complexity index is 1230. The molecule has 6 nitrogen and oxygen atoms in total. The van der Waals surface area contributed by atoms with Crippen LogP contribution in [0.3, 0.4) is 0 Å². The van der Waals surface area contributed by atoms with E-state index in [1.807, 2.05) is 6.08 Å². The Morgan fingerprint density at radius 1 is 0.384 bits per heavy atom. The van der Waals surface area contributed by atoms with Gasteiger partial charge in [0.2, 0.25) is 5.91 Å². The number of unbranched alkanes of at least 4 members (excludes halogenated alkanes) is 43. The van der Waals surface area contributed by atoms with E-state index in [1.54, 1.807) is 6.08 Å². The number of esters is 1. The van der Waals surface area contributed by atoms with Crippen LogP contribution in [0.5, 0.6) is 0 Å². The highest BCUT2D eigenvalue weighted by Gasteiger charge is 2.18. The molecular formula is C67H125NO5. The summed E-state index contributed by atoms with van der Waals surface area (Å²) < 4.78 is 5.50. The van der Waals surface area contributed by atoms with Crippen molar-refractivity contribution in [3.63, 3.8) is 0 Å². The van der Waals surface area contributed by atoms with Gasteiger partial charge in [-0.2, -0.15) is 0 Å². The molecule has 0 aromatic heterocycles. The molecule has 0 saturated heterocycles. The fraction of sp³-hybridized carbons (Fsp3) is 0.851. The van der Waals surface area contributed by atoms with Crippen LogP contribution in [0.1, 0.15) is 341 Å². The lowest BCUT2D eigenvalue weighted by Crippen LogP contribution is -2.45. The summed E-state index contributed by atoms with van der Waals surface area (Å²) in [6, 6.07) is -0.626.